The Bertz CT molecular complexity index is 521. The molecule has 3 N–H and O–H groups in total. The van der Waals surface area contributed by atoms with Crippen molar-refractivity contribution in [3.8, 4) is 11.3 Å². The summed E-state index contributed by atoms with van der Waals surface area (Å²) in [5.74, 6) is 0. The fraction of sp³-hybridized carbons (Fsp3) is 0.500. The Morgan fingerprint density at radius 3 is 2.65 bits per heavy atom. The van der Waals surface area contributed by atoms with E-state index in [0.717, 1.165) is 28.2 Å². The topological polar surface area (TPSA) is 72.5 Å². The van der Waals surface area contributed by atoms with Crippen LogP contribution in [0.25, 0.3) is 11.3 Å². The van der Waals surface area contributed by atoms with Crippen LogP contribution in [0.3, 0.4) is 0 Å². The number of rotatable bonds is 3. The van der Waals surface area contributed by atoms with Gasteiger partial charge in [0, 0.05) is 29.4 Å². The summed E-state index contributed by atoms with van der Waals surface area (Å²) in [6.45, 7) is 8.83. The van der Waals surface area contributed by atoms with Gasteiger partial charge in [0.05, 0.1) is 17.6 Å². The molecule has 5 heteroatoms. The largest absolute Gasteiger partial charge is 0.326 e. The molecular formula is C12H19N5. The van der Waals surface area contributed by atoms with Gasteiger partial charge >= 0.3 is 0 Å². The molecular weight excluding hydrogens is 214 g/mol. The highest BCUT2D eigenvalue weighted by molar-refractivity contribution is 5.67. The highest BCUT2D eigenvalue weighted by Crippen LogP contribution is 2.29. The predicted molar refractivity (Wildman–Crippen MR) is 67.6 cm³/mol. The second-order valence-corrected chi connectivity index (χ2v) is 4.56. The van der Waals surface area contributed by atoms with E-state index in [1.54, 1.807) is 6.20 Å². The number of H-pyrrole nitrogens is 1. The van der Waals surface area contributed by atoms with Crippen molar-refractivity contribution >= 4 is 0 Å². The zero-order valence-corrected chi connectivity index (χ0v) is 10.8. The fourth-order valence-electron chi connectivity index (χ4n) is 2.21. The average Bonchev–Trinajstić information content (AvgIpc) is 2.83. The molecule has 0 atom stereocenters. The van der Waals surface area contributed by atoms with Gasteiger partial charge in [0.25, 0.3) is 0 Å². The molecule has 92 valence electrons. The summed E-state index contributed by atoms with van der Waals surface area (Å²) < 4.78 is 2.03. The van der Waals surface area contributed by atoms with E-state index in [-0.39, 0.29) is 0 Å². The second-order valence-electron chi connectivity index (χ2n) is 4.56. The summed E-state index contributed by atoms with van der Waals surface area (Å²) >= 11 is 0. The quantitative estimate of drug-likeness (QED) is 0.850. The SMILES string of the molecule is Cc1nn(C(C)C)c(C)c1-c1[nH]ncc1CN. The zero-order valence-electron chi connectivity index (χ0n) is 10.8. The van der Waals surface area contributed by atoms with Gasteiger partial charge in [-0.3, -0.25) is 9.78 Å². The standard InChI is InChI=1S/C12H19N5/c1-7(2)17-9(4)11(8(3)16-17)12-10(5-13)6-14-15-12/h6-7H,5,13H2,1-4H3,(H,14,15). The molecule has 0 saturated carbocycles. The lowest BCUT2D eigenvalue weighted by Gasteiger charge is -2.08. The van der Waals surface area contributed by atoms with Crippen LogP contribution < -0.4 is 5.73 Å². The summed E-state index contributed by atoms with van der Waals surface area (Å²) in [6.07, 6.45) is 1.78. The van der Waals surface area contributed by atoms with Crippen molar-refractivity contribution in [2.45, 2.75) is 40.3 Å². The first kappa shape index (κ1) is 11.9. The lowest BCUT2D eigenvalue weighted by Crippen LogP contribution is -2.05. The zero-order chi connectivity index (χ0) is 12.6. The molecule has 0 radical (unpaired) electrons. The minimum Gasteiger partial charge on any atom is -0.326 e. The molecule has 0 aliphatic carbocycles. The average molecular weight is 233 g/mol. The van der Waals surface area contributed by atoms with E-state index in [0.29, 0.717) is 12.6 Å². The van der Waals surface area contributed by atoms with Gasteiger partial charge in [0.15, 0.2) is 0 Å². The van der Waals surface area contributed by atoms with Gasteiger partial charge in [-0.25, -0.2) is 0 Å². The van der Waals surface area contributed by atoms with E-state index >= 15 is 0 Å². The first-order valence-electron chi connectivity index (χ1n) is 5.84. The number of hydrogen-bond acceptors (Lipinski definition) is 3. The van der Waals surface area contributed by atoms with Crippen molar-refractivity contribution in [2.24, 2.45) is 5.73 Å². The number of hydrogen-bond donors (Lipinski definition) is 2. The first-order chi connectivity index (χ1) is 8.06. The Morgan fingerprint density at radius 2 is 2.12 bits per heavy atom. The van der Waals surface area contributed by atoms with Crippen LogP contribution in [0, 0.1) is 13.8 Å². The molecule has 2 rings (SSSR count). The van der Waals surface area contributed by atoms with Crippen LogP contribution in [-0.2, 0) is 6.54 Å². The maximum atomic E-state index is 5.71. The van der Waals surface area contributed by atoms with Crippen molar-refractivity contribution in [2.75, 3.05) is 0 Å². The van der Waals surface area contributed by atoms with Crippen LogP contribution in [-0.4, -0.2) is 20.0 Å². The Kier molecular flexibility index (Phi) is 3.02. The van der Waals surface area contributed by atoms with Crippen molar-refractivity contribution in [3.63, 3.8) is 0 Å². The summed E-state index contributed by atoms with van der Waals surface area (Å²) in [5.41, 5.74) is 11.0. The number of aromatic nitrogens is 4. The van der Waals surface area contributed by atoms with Crippen LogP contribution in [0.1, 0.15) is 36.8 Å². The van der Waals surface area contributed by atoms with E-state index in [2.05, 4.69) is 36.1 Å². The minimum atomic E-state index is 0.353. The maximum absolute atomic E-state index is 5.71. The van der Waals surface area contributed by atoms with Crippen molar-refractivity contribution in [1.29, 1.82) is 0 Å². The van der Waals surface area contributed by atoms with Gasteiger partial charge < -0.3 is 5.73 Å². The molecule has 0 aromatic carbocycles. The minimum absolute atomic E-state index is 0.353. The predicted octanol–water partition coefficient (Wildman–Crippen LogP) is 1.93. The molecule has 0 unspecified atom stereocenters. The van der Waals surface area contributed by atoms with E-state index in [9.17, 15) is 0 Å². The maximum Gasteiger partial charge on any atom is 0.0732 e. The Hall–Kier alpha value is -1.62. The number of nitrogens with one attached hydrogen (secondary N) is 1. The van der Waals surface area contributed by atoms with E-state index < -0.39 is 0 Å². The van der Waals surface area contributed by atoms with E-state index in [1.165, 1.54) is 0 Å². The third-order valence-electron chi connectivity index (χ3n) is 3.00. The highest BCUT2D eigenvalue weighted by atomic mass is 15.3. The normalized spacial score (nSPS) is 11.4. The van der Waals surface area contributed by atoms with Crippen LogP contribution >= 0.6 is 0 Å². The van der Waals surface area contributed by atoms with Crippen molar-refractivity contribution in [3.05, 3.63) is 23.1 Å². The van der Waals surface area contributed by atoms with Crippen LogP contribution in [0.2, 0.25) is 0 Å². The summed E-state index contributed by atoms with van der Waals surface area (Å²) in [4.78, 5) is 0. The molecule has 0 aliphatic rings. The smallest absolute Gasteiger partial charge is 0.0732 e. The Morgan fingerprint density at radius 1 is 1.41 bits per heavy atom. The molecule has 5 nitrogen and oxygen atoms in total. The second kappa shape index (κ2) is 4.33. The molecule has 0 spiro atoms. The van der Waals surface area contributed by atoms with Crippen LogP contribution in [0.5, 0.6) is 0 Å². The number of nitrogens with two attached hydrogens (primary N) is 1. The fourth-order valence-corrected chi connectivity index (χ4v) is 2.21. The van der Waals surface area contributed by atoms with Gasteiger partial charge in [-0.1, -0.05) is 0 Å². The molecule has 2 aromatic rings. The van der Waals surface area contributed by atoms with Crippen molar-refractivity contribution in [1.82, 2.24) is 20.0 Å². The third-order valence-corrected chi connectivity index (χ3v) is 3.00. The number of nitrogens with zero attached hydrogens (tertiary/aromatic N) is 3. The summed E-state index contributed by atoms with van der Waals surface area (Å²) in [5, 5.41) is 11.7. The monoisotopic (exact) mass is 233 g/mol. The van der Waals surface area contributed by atoms with Gasteiger partial charge in [0.1, 0.15) is 0 Å². The first-order valence-corrected chi connectivity index (χ1v) is 5.84. The van der Waals surface area contributed by atoms with Crippen LogP contribution in [0.4, 0.5) is 0 Å². The molecule has 0 fully saturated rings. The third kappa shape index (κ3) is 1.86. The molecule has 0 amide bonds. The van der Waals surface area contributed by atoms with E-state index in [1.807, 2.05) is 11.6 Å². The Balaban J connectivity index is 2.60. The molecule has 0 saturated heterocycles. The molecule has 17 heavy (non-hydrogen) atoms. The highest BCUT2D eigenvalue weighted by Gasteiger charge is 2.18. The lowest BCUT2D eigenvalue weighted by molar-refractivity contribution is 0.516. The summed E-state index contributed by atoms with van der Waals surface area (Å²) in [7, 11) is 0. The van der Waals surface area contributed by atoms with Gasteiger partial charge in [-0.15, -0.1) is 0 Å². The van der Waals surface area contributed by atoms with Gasteiger partial charge in [-0.05, 0) is 27.7 Å². The number of aromatic amines is 1. The van der Waals surface area contributed by atoms with E-state index in [4.69, 9.17) is 5.73 Å². The Labute approximate surface area is 101 Å². The number of aryl methyl sites for hydroxylation is 1. The molecule has 0 aliphatic heterocycles. The molecule has 0 bridgehead atoms. The van der Waals surface area contributed by atoms with Crippen molar-refractivity contribution < 1.29 is 0 Å². The van der Waals surface area contributed by atoms with Gasteiger partial charge in [-0.2, -0.15) is 10.2 Å². The molecule has 2 heterocycles. The molecule has 2 aromatic heterocycles. The van der Waals surface area contributed by atoms with Gasteiger partial charge in [0.2, 0.25) is 0 Å². The van der Waals surface area contributed by atoms with Crippen LogP contribution in [0.15, 0.2) is 6.20 Å². The lowest BCUT2D eigenvalue weighted by atomic mass is 10.1. The summed E-state index contributed by atoms with van der Waals surface area (Å²) in [6, 6.07) is 0.353.